The van der Waals surface area contributed by atoms with E-state index in [1.807, 2.05) is 6.92 Å². The highest BCUT2D eigenvalue weighted by Crippen LogP contribution is 2.31. The predicted molar refractivity (Wildman–Crippen MR) is 54.0 cm³/mol. The lowest BCUT2D eigenvalue weighted by molar-refractivity contribution is -0.141. The molecule has 1 rings (SSSR count). The molecule has 1 saturated heterocycles. The van der Waals surface area contributed by atoms with Gasteiger partial charge in [0.2, 0.25) is 0 Å². The minimum atomic E-state index is -0.977. The molecular formula is C8H14N2O3S. The fraction of sp³-hybridized carbons (Fsp3) is 0.750. The number of hydrogen-bond donors (Lipinski definition) is 2. The van der Waals surface area contributed by atoms with E-state index in [1.165, 1.54) is 16.7 Å². The number of aliphatic carboxylic acids is 1. The number of carbonyl (C=O) groups excluding carboxylic acids is 1. The number of rotatable bonds is 3. The summed E-state index contributed by atoms with van der Waals surface area (Å²) in [4.78, 5) is 23.2. The lowest BCUT2D eigenvalue weighted by atomic mass is 10.2. The average Bonchev–Trinajstić information content (AvgIpc) is 2.48. The summed E-state index contributed by atoms with van der Waals surface area (Å²) in [6.45, 7) is 1.99. The Morgan fingerprint density at radius 3 is 2.71 bits per heavy atom. The molecule has 14 heavy (non-hydrogen) atoms. The Bertz CT molecular complexity index is 247. The Morgan fingerprint density at radius 1 is 1.64 bits per heavy atom. The summed E-state index contributed by atoms with van der Waals surface area (Å²) in [5.41, 5.74) is 5.16. The zero-order valence-electron chi connectivity index (χ0n) is 7.97. The Balaban J connectivity index is 2.74. The molecule has 2 amide bonds. The van der Waals surface area contributed by atoms with Crippen LogP contribution in [-0.4, -0.2) is 39.2 Å². The van der Waals surface area contributed by atoms with E-state index in [1.54, 1.807) is 0 Å². The number of nitrogens with two attached hydrogens (primary N) is 1. The first-order valence-electron chi connectivity index (χ1n) is 4.50. The first-order chi connectivity index (χ1) is 6.57. The Labute approximate surface area is 86.6 Å². The first kappa shape index (κ1) is 11.2. The van der Waals surface area contributed by atoms with Crippen molar-refractivity contribution in [1.82, 2.24) is 4.90 Å². The van der Waals surface area contributed by atoms with Crippen LogP contribution >= 0.6 is 11.8 Å². The number of carboxylic acids is 1. The Morgan fingerprint density at radius 2 is 2.29 bits per heavy atom. The van der Waals surface area contributed by atoms with E-state index in [4.69, 9.17) is 10.8 Å². The zero-order valence-corrected chi connectivity index (χ0v) is 8.79. The Hall–Kier alpha value is -0.910. The molecule has 1 aliphatic rings. The maximum Gasteiger partial charge on any atom is 0.327 e. The van der Waals surface area contributed by atoms with Crippen LogP contribution in [0, 0.1) is 0 Å². The SMILES string of the molecule is CCCC1SCC(C(=O)O)N1C(N)=O. The second-order valence-corrected chi connectivity index (χ2v) is 4.39. The van der Waals surface area contributed by atoms with E-state index in [9.17, 15) is 9.59 Å². The molecule has 0 spiro atoms. The lowest BCUT2D eigenvalue weighted by Crippen LogP contribution is -2.48. The molecule has 2 unspecified atom stereocenters. The third kappa shape index (κ3) is 2.12. The number of primary amides is 1. The number of carboxylic acid groups (broad SMARTS) is 1. The molecule has 0 aliphatic carbocycles. The maximum atomic E-state index is 11.1. The van der Waals surface area contributed by atoms with Gasteiger partial charge >= 0.3 is 12.0 Å². The highest BCUT2D eigenvalue weighted by Gasteiger charge is 2.40. The number of amides is 2. The quantitative estimate of drug-likeness (QED) is 0.730. The van der Waals surface area contributed by atoms with Crippen molar-refractivity contribution in [3.8, 4) is 0 Å². The first-order valence-corrected chi connectivity index (χ1v) is 5.55. The van der Waals surface area contributed by atoms with Crippen molar-refractivity contribution in [3.63, 3.8) is 0 Å². The number of nitrogens with zero attached hydrogens (tertiary/aromatic N) is 1. The molecule has 80 valence electrons. The van der Waals surface area contributed by atoms with Crippen molar-refractivity contribution in [3.05, 3.63) is 0 Å². The average molecular weight is 218 g/mol. The molecule has 5 nitrogen and oxygen atoms in total. The van der Waals surface area contributed by atoms with Gasteiger partial charge in [0.25, 0.3) is 0 Å². The van der Waals surface area contributed by atoms with E-state index in [0.717, 1.165) is 12.8 Å². The molecular weight excluding hydrogens is 204 g/mol. The molecule has 1 aliphatic heterocycles. The molecule has 0 radical (unpaired) electrons. The minimum absolute atomic E-state index is 0.0707. The van der Waals surface area contributed by atoms with Gasteiger partial charge < -0.3 is 10.8 Å². The number of thioether (sulfide) groups is 1. The molecule has 0 aromatic heterocycles. The van der Waals surface area contributed by atoms with Crippen LogP contribution in [0.3, 0.4) is 0 Å². The normalized spacial score (nSPS) is 26.5. The Kier molecular flexibility index (Phi) is 3.62. The van der Waals surface area contributed by atoms with E-state index >= 15 is 0 Å². The predicted octanol–water partition coefficient (Wildman–Crippen LogP) is 0.693. The van der Waals surface area contributed by atoms with Crippen LogP contribution < -0.4 is 5.73 Å². The molecule has 0 aromatic carbocycles. The standard InChI is InChI=1S/C8H14N2O3S/c1-2-3-6-10(8(9)13)5(4-14-6)7(11)12/h5-6H,2-4H2,1H3,(H2,9,13)(H,11,12). The molecule has 1 fully saturated rings. The van der Waals surface area contributed by atoms with E-state index in [0.29, 0.717) is 5.75 Å². The molecule has 3 N–H and O–H groups in total. The van der Waals surface area contributed by atoms with Crippen LogP contribution in [0.4, 0.5) is 4.79 Å². The summed E-state index contributed by atoms with van der Waals surface area (Å²) in [5, 5.41) is 8.79. The van der Waals surface area contributed by atoms with Crippen molar-refractivity contribution < 1.29 is 14.7 Å². The van der Waals surface area contributed by atoms with E-state index in [2.05, 4.69) is 0 Å². The lowest BCUT2D eigenvalue weighted by Gasteiger charge is -2.24. The van der Waals surface area contributed by atoms with Gasteiger partial charge in [0, 0.05) is 5.75 Å². The van der Waals surface area contributed by atoms with Crippen molar-refractivity contribution >= 4 is 23.8 Å². The van der Waals surface area contributed by atoms with Gasteiger partial charge in [0.15, 0.2) is 0 Å². The number of urea groups is 1. The van der Waals surface area contributed by atoms with Gasteiger partial charge in [-0.25, -0.2) is 9.59 Å². The van der Waals surface area contributed by atoms with Crippen molar-refractivity contribution in [2.45, 2.75) is 31.2 Å². The molecule has 0 saturated carbocycles. The van der Waals surface area contributed by atoms with E-state index < -0.39 is 18.0 Å². The van der Waals surface area contributed by atoms with Gasteiger partial charge in [-0.1, -0.05) is 13.3 Å². The van der Waals surface area contributed by atoms with Crippen LogP contribution in [-0.2, 0) is 4.79 Å². The van der Waals surface area contributed by atoms with Gasteiger partial charge in [-0.05, 0) is 6.42 Å². The highest BCUT2D eigenvalue weighted by atomic mass is 32.2. The van der Waals surface area contributed by atoms with Crippen LogP contribution in [0.15, 0.2) is 0 Å². The highest BCUT2D eigenvalue weighted by molar-refractivity contribution is 8.00. The molecule has 6 heteroatoms. The number of carbonyl (C=O) groups is 2. The largest absolute Gasteiger partial charge is 0.480 e. The van der Waals surface area contributed by atoms with Crippen LogP contribution in [0.25, 0.3) is 0 Å². The van der Waals surface area contributed by atoms with Crippen molar-refractivity contribution in [2.75, 3.05) is 5.75 Å². The summed E-state index contributed by atoms with van der Waals surface area (Å²) in [6, 6.07) is -1.39. The topological polar surface area (TPSA) is 83.6 Å². The van der Waals surface area contributed by atoms with Crippen molar-refractivity contribution in [2.24, 2.45) is 5.73 Å². The van der Waals surface area contributed by atoms with Gasteiger partial charge in [0.05, 0.1) is 5.37 Å². The van der Waals surface area contributed by atoms with Gasteiger partial charge in [-0.3, -0.25) is 4.90 Å². The second-order valence-electron chi connectivity index (χ2n) is 3.18. The smallest absolute Gasteiger partial charge is 0.327 e. The fourth-order valence-corrected chi connectivity index (χ4v) is 3.04. The van der Waals surface area contributed by atoms with Crippen LogP contribution in [0.1, 0.15) is 19.8 Å². The molecule has 0 aromatic rings. The van der Waals surface area contributed by atoms with Crippen LogP contribution in [0.5, 0.6) is 0 Å². The van der Waals surface area contributed by atoms with Crippen molar-refractivity contribution in [1.29, 1.82) is 0 Å². The minimum Gasteiger partial charge on any atom is -0.480 e. The van der Waals surface area contributed by atoms with Gasteiger partial charge in [0.1, 0.15) is 6.04 Å². The summed E-state index contributed by atoms with van der Waals surface area (Å²) in [7, 11) is 0. The summed E-state index contributed by atoms with van der Waals surface area (Å²) < 4.78 is 0. The maximum absolute atomic E-state index is 11.1. The summed E-state index contributed by atoms with van der Waals surface area (Å²) in [6.07, 6.45) is 1.70. The van der Waals surface area contributed by atoms with E-state index in [-0.39, 0.29) is 5.37 Å². The number of hydrogen-bond acceptors (Lipinski definition) is 3. The third-order valence-electron chi connectivity index (χ3n) is 2.17. The molecule has 2 atom stereocenters. The molecule has 1 heterocycles. The van der Waals surface area contributed by atoms with Gasteiger partial charge in [-0.15, -0.1) is 11.8 Å². The second kappa shape index (κ2) is 4.54. The zero-order chi connectivity index (χ0) is 10.7. The van der Waals surface area contributed by atoms with Crippen LogP contribution in [0.2, 0.25) is 0 Å². The molecule has 0 bridgehead atoms. The summed E-state index contributed by atoms with van der Waals surface area (Å²) >= 11 is 1.48. The fourth-order valence-electron chi connectivity index (χ4n) is 1.52. The third-order valence-corrected chi connectivity index (χ3v) is 3.52. The van der Waals surface area contributed by atoms with Gasteiger partial charge in [-0.2, -0.15) is 0 Å². The summed E-state index contributed by atoms with van der Waals surface area (Å²) in [5.74, 6) is -0.543. The monoisotopic (exact) mass is 218 g/mol.